The van der Waals surface area contributed by atoms with Crippen molar-refractivity contribution < 1.29 is 14.6 Å². The van der Waals surface area contributed by atoms with Crippen LogP contribution in [-0.2, 0) is 13.0 Å². The summed E-state index contributed by atoms with van der Waals surface area (Å²) in [6.07, 6.45) is 0.715. The minimum atomic E-state index is 0.0504. The van der Waals surface area contributed by atoms with Gasteiger partial charge in [-0.1, -0.05) is 6.92 Å². The summed E-state index contributed by atoms with van der Waals surface area (Å²) in [4.78, 5) is 1.85. The number of aliphatic hydroxyl groups excluding tert-OH is 2. The van der Waals surface area contributed by atoms with Crippen LogP contribution in [0, 0.1) is 0 Å². The highest BCUT2D eigenvalue weighted by molar-refractivity contribution is 4.81. The van der Waals surface area contributed by atoms with Crippen LogP contribution in [0.25, 0.3) is 0 Å². The molecule has 6 nitrogen and oxygen atoms in total. The van der Waals surface area contributed by atoms with Crippen molar-refractivity contribution in [2.75, 3.05) is 26.3 Å². The molecule has 15 heavy (non-hydrogen) atoms. The summed E-state index contributed by atoms with van der Waals surface area (Å²) in [6, 6.07) is 0. The molecule has 1 aromatic rings. The van der Waals surface area contributed by atoms with Crippen molar-refractivity contribution in [1.82, 2.24) is 15.1 Å². The zero-order valence-electron chi connectivity index (χ0n) is 8.89. The van der Waals surface area contributed by atoms with E-state index in [1.807, 2.05) is 11.8 Å². The predicted octanol–water partition coefficient (Wildman–Crippen LogP) is -0.581. The van der Waals surface area contributed by atoms with Crippen molar-refractivity contribution in [3.8, 4) is 0 Å². The van der Waals surface area contributed by atoms with Gasteiger partial charge in [0.15, 0.2) is 0 Å². The van der Waals surface area contributed by atoms with Gasteiger partial charge in [0.2, 0.25) is 11.8 Å². The molecule has 0 aliphatic rings. The third-order valence-electron chi connectivity index (χ3n) is 2.00. The van der Waals surface area contributed by atoms with Crippen LogP contribution in [0.3, 0.4) is 0 Å². The average Bonchev–Trinajstić information content (AvgIpc) is 2.66. The van der Waals surface area contributed by atoms with Crippen LogP contribution in [-0.4, -0.2) is 51.6 Å². The van der Waals surface area contributed by atoms with Gasteiger partial charge in [0.25, 0.3) is 0 Å². The minimum absolute atomic E-state index is 0.0504. The number of aromatic nitrogens is 2. The molecule has 0 fully saturated rings. The van der Waals surface area contributed by atoms with E-state index in [0.717, 1.165) is 0 Å². The van der Waals surface area contributed by atoms with Gasteiger partial charge in [-0.25, -0.2) is 0 Å². The van der Waals surface area contributed by atoms with E-state index in [4.69, 9.17) is 14.6 Å². The topological polar surface area (TPSA) is 82.6 Å². The maximum atomic E-state index is 8.80. The van der Waals surface area contributed by atoms with E-state index in [1.165, 1.54) is 0 Å². The van der Waals surface area contributed by atoms with E-state index >= 15 is 0 Å². The summed E-state index contributed by atoms with van der Waals surface area (Å²) in [7, 11) is 0. The number of hydrogen-bond acceptors (Lipinski definition) is 6. The maximum absolute atomic E-state index is 8.80. The number of hydrogen-bond donors (Lipinski definition) is 2. The molecule has 0 atom stereocenters. The van der Waals surface area contributed by atoms with Crippen LogP contribution < -0.4 is 0 Å². The molecule has 6 heteroatoms. The fraction of sp³-hybridized carbons (Fsp3) is 0.778. The lowest BCUT2D eigenvalue weighted by Gasteiger charge is -2.17. The molecule has 0 saturated carbocycles. The van der Waals surface area contributed by atoms with Crippen LogP contribution in [0.2, 0.25) is 0 Å². The SMILES string of the molecule is CCc1nnc(CN(CCO)CCO)o1. The second kappa shape index (κ2) is 6.49. The fourth-order valence-corrected chi connectivity index (χ4v) is 1.24. The molecular formula is C9H17N3O3. The Morgan fingerprint density at radius 2 is 1.73 bits per heavy atom. The van der Waals surface area contributed by atoms with Gasteiger partial charge in [0, 0.05) is 19.5 Å². The summed E-state index contributed by atoms with van der Waals surface area (Å²) in [6.45, 7) is 3.49. The molecule has 1 heterocycles. The fourth-order valence-electron chi connectivity index (χ4n) is 1.24. The van der Waals surface area contributed by atoms with Gasteiger partial charge in [0.1, 0.15) is 0 Å². The molecule has 0 saturated heterocycles. The van der Waals surface area contributed by atoms with Crippen molar-refractivity contribution in [2.24, 2.45) is 0 Å². The lowest BCUT2D eigenvalue weighted by Crippen LogP contribution is -2.29. The van der Waals surface area contributed by atoms with Gasteiger partial charge in [0.05, 0.1) is 19.8 Å². The Labute approximate surface area is 88.5 Å². The predicted molar refractivity (Wildman–Crippen MR) is 53.1 cm³/mol. The van der Waals surface area contributed by atoms with Crippen LogP contribution in [0.1, 0.15) is 18.7 Å². The van der Waals surface area contributed by atoms with Crippen molar-refractivity contribution in [1.29, 1.82) is 0 Å². The number of aliphatic hydroxyl groups is 2. The van der Waals surface area contributed by atoms with Crippen molar-refractivity contribution in [2.45, 2.75) is 19.9 Å². The summed E-state index contributed by atoms with van der Waals surface area (Å²) in [5.41, 5.74) is 0. The highest BCUT2D eigenvalue weighted by Gasteiger charge is 2.10. The number of rotatable bonds is 7. The van der Waals surface area contributed by atoms with E-state index in [9.17, 15) is 0 Å². The third-order valence-corrected chi connectivity index (χ3v) is 2.00. The Bertz CT molecular complexity index is 271. The zero-order chi connectivity index (χ0) is 11.1. The minimum Gasteiger partial charge on any atom is -0.424 e. The molecule has 0 radical (unpaired) electrons. The van der Waals surface area contributed by atoms with Crippen molar-refractivity contribution in [3.63, 3.8) is 0 Å². The molecule has 0 aliphatic heterocycles. The smallest absolute Gasteiger partial charge is 0.230 e. The summed E-state index contributed by atoms with van der Waals surface area (Å²) in [5, 5.41) is 25.3. The van der Waals surface area contributed by atoms with E-state index in [2.05, 4.69) is 10.2 Å². The quantitative estimate of drug-likeness (QED) is 0.633. The first-order valence-electron chi connectivity index (χ1n) is 5.05. The van der Waals surface area contributed by atoms with Crippen molar-refractivity contribution >= 4 is 0 Å². The maximum Gasteiger partial charge on any atom is 0.230 e. The van der Waals surface area contributed by atoms with Gasteiger partial charge in [-0.3, -0.25) is 4.90 Å². The summed E-state index contributed by atoms with van der Waals surface area (Å²) in [5.74, 6) is 1.13. The van der Waals surface area contributed by atoms with Crippen LogP contribution >= 0.6 is 0 Å². The third kappa shape index (κ3) is 3.94. The van der Waals surface area contributed by atoms with E-state index in [0.29, 0.717) is 37.8 Å². The molecule has 86 valence electrons. The zero-order valence-corrected chi connectivity index (χ0v) is 8.89. The van der Waals surface area contributed by atoms with E-state index < -0.39 is 0 Å². The Morgan fingerprint density at radius 1 is 1.13 bits per heavy atom. The standard InChI is InChI=1S/C9H17N3O3/c1-2-8-10-11-9(15-8)7-12(3-5-13)4-6-14/h13-14H,2-7H2,1H3. The average molecular weight is 215 g/mol. The normalized spacial score (nSPS) is 11.2. The van der Waals surface area contributed by atoms with Gasteiger partial charge >= 0.3 is 0 Å². The highest BCUT2D eigenvalue weighted by atomic mass is 16.4. The largest absolute Gasteiger partial charge is 0.424 e. The Balaban J connectivity index is 2.48. The molecular weight excluding hydrogens is 198 g/mol. The summed E-state index contributed by atoms with van der Waals surface area (Å²) >= 11 is 0. The summed E-state index contributed by atoms with van der Waals surface area (Å²) < 4.78 is 5.33. The second-order valence-corrected chi connectivity index (χ2v) is 3.17. The van der Waals surface area contributed by atoms with Gasteiger partial charge in [-0.05, 0) is 0 Å². The van der Waals surface area contributed by atoms with Gasteiger partial charge in [-0.15, -0.1) is 10.2 Å². The first-order valence-corrected chi connectivity index (χ1v) is 5.05. The van der Waals surface area contributed by atoms with E-state index in [1.54, 1.807) is 0 Å². The molecule has 0 spiro atoms. The first-order chi connectivity index (χ1) is 7.30. The molecule has 1 aromatic heterocycles. The van der Waals surface area contributed by atoms with Crippen molar-refractivity contribution in [3.05, 3.63) is 11.8 Å². The van der Waals surface area contributed by atoms with Crippen LogP contribution in [0.15, 0.2) is 4.42 Å². The molecule has 0 unspecified atom stereocenters. The van der Waals surface area contributed by atoms with Crippen LogP contribution in [0.5, 0.6) is 0 Å². The highest BCUT2D eigenvalue weighted by Crippen LogP contribution is 2.04. The number of nitrogens with zero attached hydrogens (tertiary/aromatic N) is 3. The molecule has 2 N–H and O–H groups in total. The monoisotopic (exact) mass is 215 g/mol. The molecule has 0 bridgehead atoms. The molecule has 0 amide bonds. The van der Waals surface area contributed by atoms with Gasteiger partial charge < -0.3 is 14.6 Å². The molecule has 0 aromatic carbocycles. The lowest BCUT2D eigenvalue weighted by molar-refractivity contribution is 0.146. The van der Waals surface area contributed by atoms with Crippen LogP contribution in [0.4, 0.5) is 0 Å². The van der Waals surface area contributed by atoms with E-state index in [-0.39, 0.29) is 13.2 Å². The number of aryl methyl sites for hydroxylation is 1. The lowest BCUT2D eigenvalue weighted by atomic mass is 10.4. The molecule has 1 rings (SSSR count). The van der Waals surface area contributed by atoms with Gasteiger partial charge in [-0.2, -0.15) is 0 Å². The Kier molecular flexibility index (Phi) is 5.23. The Morgan fingerprint density at radius 3 is 2.20 bits per heavy atom. The first kappa shape index (κ1) is 12.1. The molecule has 0 aliphatic carbocycles. The Hall–Kier alpha value is -0.980. The second-order valence-electron chi connectivity index (χ2n) is 3.17.